The van der Waals surface area contributed by atoms with Gasteiger partial charge in [0.1, 0.15) is 12.4 Å². The first-order valence-corrected chi connectivity index (χ1v) is 7.38. The molecule has 2 aromatic rings. The molecule has 2 N–H and O–H groups in total. The van der Waals surface area contributed by atoms with E-state index < -0.39 is 0 Å². The van der Waals surface area contributed by atoms with E-state index in [4.69, 9.17) is 10.5 Å². The molecule has 0 saturated carbocycles. The van der Waals surface area contributed by atoms with Crippen LogP contribution < -0.4 is 10.5 Å². The Morgan fingerprint density at radius 2 is 2.28 bits per heavy atom. The van der Waals surface area contributed by atoms with Crippen molar-refractivity contribution in [2.24, 2.45) is 5.73 Å². The summed E-state index contributed by atoms with van der Waals surface area (Å²) >= 11 is 5.11. The molecule has 96 valence electrons. The molecule has 0 unspecified atom stereocenters. The average molecular weight is 327 g/mol. The molecular weight excluding hydrogens is 312 g/mol. The number of aryl methyl sites for hydroxylation is 1. The summed E-state index contributed by atoms with van der Waals surface area (Å²) in [7, 11) is 0. The van der Waals surface area contributed by atoms with E-state index in [-0.39, 0.29) is 0 Å². The Balaban J connectivity index is 2.08. The molecule has 0 atom stereocenters. The first kappa shape index (κ1) is 13.5. The first-order valence-electron chi connectivity index (χ1n) is 5.71. The monoisotopic (exact) mass is 326 g/mol. The Morgan fingerprint density at radius 1 is 1.44 bits per heavy atom. The number of hydrogen-bond acceptors (Lipinski definition) is 4. The minimum Gasteiger partial charge on any atom is -0.486 e. The number of halogens is 1. The smallest absolute Gasteiger partial charge is 0.141 e. The fraction of sp³-hybridized carbons (Fsp3) is 0.308. The van der Waals surface area contributed by atoms with Crippen molar-refractivity contribution in [2.75, 3.05) is 6.54 Å². The minimum absolute atomic E-state index is 0.568. The van der Waals surface area contributed by atoms with Gasteiger partial charge >= 0.3 is 0 Å². The molecule has 0 aromatic carbocycles. The minimum atomic E-state index is 0.568. The highest BCUT2D eigenvalue weighted by atomic mass is 79.9. The van der Waals surface area contributed by atoms with E-state index in [1.807, 2.05) is 24.4 Å². The molecule has 2 rings (SSSR count). The Bertz CT molecular complexity index is 527. The zero-order valence-electron chi connectivity index (χ0n) is 10.1. The summed E-state index contributed by atoms with van der Waals surface area (Å²) in [6, 6.07) is 5.99. The maximum absolute atomic E-state index is 5.82. The number of aromatic nitrogens is 1. The van der Waals surface area contributed by atoms with Crippen molar-refractivity contribution < 1.29 is 4.74 Å². The van der Waals surface area contributed by atoms with Crippen LogP contribution in [-0.2, 0) is 13.0 Å². The Labute approximate surface area is 119 Å². The van der Waals surface area contributed by atoms with Gasteiger partial charge in [0.05, 0.1) is 5.69 Å². The van der Waals surface area contributed by atoms with Gasteiger partial charge in [0.2, 0.25) is 0 Å². The van der Waals surface area contributed by atoms with Crippen LogP contribution in [0, 0.1) is 6.92 Å². The predicted octanol–water partition coefficient (Wildman–Crippen LogP) is 3.29. The molecule has 0 aliphatic heterocycles. The van der Waals surface area contributed by atoms with Crippen LogP contribution in [0.15, 0.2) is 28.1 Å². The molecule has 0 bridgehead atoms. The Kier molecular flexibility index (Phi) is 4.74. The summed E-state index contributed by atoms with van der Waals surface area (Å²) in [6.45, 7) is 3.12. The average Bonchev–Trinajstić information content (AvgIpc) is 2.75. The van der Waals surface area contributed by atoms with E-state index in [0.717, 1.165) is 28.0 Å². The van der Waals surface area contributed by atoms with Crippen LogP contribution in [0.5, 0.6) is 5.75 Å². The van der Waals surface area contributed by atoms with E-state index in [2.05, 4.69) is 27.0 Å². The van der Waals surface area contributed by atoms with Crippen LogP contribution >= 0.6 is 27.3 Å². The number of pyridine rings is 1. The lowest BCUT2D eigenvalue weighted by molar-refractivity contribution is 0.304. The molecule has 0 amide bonds. The van der Waals surface area contributed by atoms with Crippen LogP contribution in [0.1, 0.15) is 16.3 Å². The van der Waals surface area contributed by atoms with Gasteiger partial charge in [-0.1, -0.05) is 0 Å². The summed E-state index contributed by atoms with van der Waals surface area (Å²) in [4.78, 5) is 5.65. The third kappa shape index (κ3) is 3.54. The highest BCUT2D eigenvalue weighted by molar-refractivity contribution is 9.10. The second-order valence-corrected chi connectivity index (χ2v) is 5.87. The van der Waals surface area contributed by atoms with Gasteiger partial charge in [0, 0.05) is 26.8 Å². The summed E-state index contributed by atoms with van der Waals surface area (Å²) < 4.78 is 6.91. The molecule has 2 heterocycles. The normalized spacial score (nSPS) is 10.6. The fourth-order valence-electron chi connectivity index (χ4n) is 1.62. The lowest BCUT2D eigenvalue weighted by Crippen LogP contribution is -2.07. The van der Waals surface area contributed by atoms with Gasteiger partial charge in [-0.15, -0.1) is 11.3 Å². The first-order chi connectivity index (χ1) is 8.69. The molecule has 18 heavy (non-hydrogen) atoms. The molecule has 3 nitrogen and oxygen atoms in total. The van der Waals surface area contributed by atoms with Crippen LogP contribution in [0.3, 0.4) is 0 Å². The topological polar surface area (TPSA) is 48.1 Å². The summed E-state index contributed by atoms with van der Waals surface area (Å²) in [5.74, 6) is 0.829. The molecular formula is C13H15BrN2OS. The van der Waals surface area contributed by atoms with Gasteiger partial charge in [-0.3, -0.25) is 4.98 Å². The van der Waals surface area contributed by atoms with E-state index in [1.165, 1.54) is 4.88 Å². The number of ether oxygens (including phenoxy) is 1. The highest BCUT2D eigenvalue weighted by Gasteiger charge is 2.06. The second kappa shape index (κ2) is 6.31. The quantitative estimate of drug-likeness (QED) is 0.917. The van der Waals surface area contributed by atoms with Crippen molar-refractivity contribution in [3.05, 3.63) is 44.3 Å². The van der Waals surface area contributed by atoms with Gasteiger partial charge in [-0.2, -0.15) is 0 Å². The van der Waals surface area contributed by atoms with Gasteiger partial charge in [-0.25, -0.2) is 0 Å². The van der Waals surface area contributed by atoms with Crippen molar-refractivity contribution >= 4 is 27.3 Å². The zero-order chi connectivity index (χ0) is 13.0. The molecule has 0 aliphatic rings. The van der Waals surface area contributed by atoms with Gasteiger partial charge in [0.25, 0.3) is 0 Å². The maximum Gasteiger partial charge on any atom is 0.141 e. The molecule has 2 aromatic heterocycles. The Morgan fingerprint density at radius 3 is 2.94 bits per heavy atom. The summed E-state index contributed by atoms with van der Waals surface area (Å²) in [6.07, 6.45) is 0.741. The van der Waals surface area contributed by atoms with Gasteiger partial charge in [-0.05, 0) is 47.6 Å². The zero-order valence-corrected chi connectivity index (χ0v) is 12.6. The van der Waals surface area contributed by atoms with Crippen molar-refractivity contribution in [2.45, 2.75) is 20.0 Å². The van der Waals surface area contributed by atoms with Gasteiger partial charge in [0.15, 0.2) is 0 Å². The fourth-order valence-corrected chi connectivity index (χ4v) is 2.99. The summed E-state index contributed by atoms with van der Waals surface area (Å²) in [5, 5.41) is 2.05. The largest absolute Gasteiger partial charge is 0.486 e. The Hall–Kier alpha value is -0.910. The van der Waals surface area contributed by atoms with Crippen molar-refractivity contribution in [3.63, 3.8) is 0 Å². The third-order valence-corrected chi connectivity index (χ3v) is 4.12. The molecule has 0 fully saturated rings. The number of thiophene rings is 1. The van der Waals surface area contributed by atoms with Crippen LogP contribution in [0.2, 0.25) is 0 Å². The predicted molar refractivity (Wildman–Crippen MR) is 78.1 cm³/mol. The second-order valence-electron chi connectivity index (χ2n) is 3.96. The number of rotatable bonds is 5. The summed E-state index contributed by atoms with van der Waals surface area (Å²) in [5.41, 5.74) is 7.52. The molecule has 0 aliphatic carbocycles. The third-order valence-electron chi connectivity index (χ3n) is 2.44. The maximum atomic E-state index is 5.82. The van der Waals surface area contributed by atoms with E-state index >= 15 is 0 Å². The number of hydrogen-bond donors (Lipinski definition) is 1. The van der Waals surface area contributed by atoms with Gasteiger partial charge < -0.3 is 10.5 Å². The van der Waals surface area contributed by atoms with Crippen LogP contribution in [0.4, 0.5) is 0 Å². The lowest BCUT2D eigenvalue weighted by Gasteiger charge is -2.10. The highest BCUT2D eigenvalue weighted by Crippen LogP contribution is 2.23. The van der Waals surface area contributed by atoms with E-state index in [9.17, 15) is 0 Å². The lowest BCUT2D eigenvalue weighted by atomic mass is 10.2. The number of nitrogens with zero attached hydrogens (tertiary/aromatic N) is 1. The molecule has 0 radical (unpaired) electrons. The molecule has 0 spiro atoms. The molecule has 5 heteroatoms. The van der Waals surface area contributed by atoms with E-state index in [1.54, 1.807) is 11.3 Å². The van der Waals surface area contributed by atoms with Crippen molar-refractivity contribution in [1.29, 1.82) is 0 Å². The molecule has 0 saturated heterocycles. The van der Waals surface area contributed by atoms with Crippen LogP contribution in [-0.4, -0.2) is 11.5 Å². The van der Waals surface area contributed by atoms with Crippen molar-refractivity contribution in [1.82, 2.24) is 4.98 Å². The standard InChI is InChI=1S/C13H15BrN2OS/c1-9-2-3-13(12(16-9)4-5-15)17-7-11-6-10(14)8-18-11/h2-3,6,8H,4-5,7,15H2,1H3. The number of nitrogens with two attached hydrogens (primary N) is 1. The van der Waals surface area contributed by atoms with Crippen LogP contribution in [0.25, 0.3) is 0 Å². The van der Waals surface area contributed by atoms with E-state index in [0.29, 0.717) is 13.2 Å². The van der Waals surface area contributed by atoms with Crippen molar-refractivity contribution in [3.8, 4) is 5.75 Å². The SMILES string of the molecule is Cc1ccc(OCc2cc(Br)cs2)c(CCN)n1.